The highest BCUT2D eigenvalue weighted by atomic mass is 35.5. The van der Waals surface area contributed by atoms with Crippen LogP contribution < -0.4 is 15.4 Å². The Balaban J connectivity index is 0.00000300. The molecule has 2 unspecified atom stereocenters. The van der Waals surface area contributed by atoms with Crippen LogP contribution in [0.3, 0.4) is 0 Å². The van der Waals surface area contributed by atoms with Crippen molar-refractivity contribution in [1.29, 1.82) is 0 Å². The van der Waals surface area contributed by atoms with Gasteiger partial charge in [0.15, 0.2) is 0 Å². The fourth-order valence-corrected chi connectivity index (χ4v) is 4.45. The third kappa shape index (κ3) is 6.09. The molecule has 0 aromatic heterocycles. The number of piperazine rings is 1. The van der Waals surface area contributed by atoms with Gasteiger partial charge in [0.1, 0.15) is 11.8 Å². The maximum absolute atomic E-state index is 13.2. The first-order valence-electron chi connectivity index (χ1n) is 10.5. The highest BCUT2D eigenvalue weighted by molar-refractivity contribution is 5.87. The van der Waals surface area contributed by atoms with Gasteiger partial charge in [-0.05, 0) is 31.7 Å². The van der Waals surface area contributed by atoms with E-state index in [0.29, 0.717) is 25.4 Å². The molecule has 0 radical (unpaired) electrons. The molecule has 2 N–H and O–H groups in total. The van der Waals surface area contributed by atoms with Crippen molar-refractivity contribution < 1.29 is 14.3 Å². The van der Waals surface area contributed by atoms with Crippen LogP contribution in [-0.2, 0) is 9.59 Å². The van der Waals surface area contributed by atoms with E-state index < -0.39 is 6.04 Å². The number of amides is 2. The van der Waals surface area contributed by atoms with Gasteiger partial charge in [-0.15, -0.1) is 12.4 Å². The van der Waals surface area contributed by atoms with E-state index in [9.17, 15) is 9.59 Å². The number of hydrogen-bond donors (Lipinski definition) is 2. The summed E-state index contributed by atoms with van der Waals surface area (Å²) in [6.45, 7) is 3.84. The Morgan fingerprint density at radius 3 is 2.69 bits per heavy atom. The second-order valence-corrected chi connectivity index (χ2v) is 7.99. The van der Waals surface area contributed by atoms with Crippen LogP contribution in [0.25, 0.3) is 0 Å². The molecule has 2 fully saturated rings. The molecule has 1 aromatic rings. The van der Waals surface area contributed by atoms with Crippen LogP contribution in [0.2, 0.25) is 0 Å². The molecule has 29 heavy (non-hydrogen) atoms. The van der Waals surface area contributed by atoms with Crippen LogP contribution in [0, 0.1) is 5.92 Å². The molecule has 1 aliphatic carbocycles. The monoisotopic (exact) mass is 423 g/mol. The zero-order valence-electron chi connectivity index (χ0n) is 17.5. The molecule has 0 bridgehead atoms. The summed E-state index contributed by atoms with van der Waals surface area (Å²) in [4.78, 5) is 27.5. The van der Waals surface area contributed by atoms with Crippen molar-refractivity contribution in [2.45, 2.75) is 57.5 Å². The lowest BCUT2D eigenvalue weighted by Gasteiger charge is -2.38. The van der Waals surface area contributed by atoms with E-state index >= 15 is 0 Å². The summed E-state index contributed by atoms with van der Waals surface area (Å²) in [5, 5.41) is 6.31. The average molecular weight is 424 g/mol. The maximum atomic E-state index is 13.2. The van der Waals surface area contributed by atoms with Crippen molar-refractivity contribution in [3.63, 3.8) is 0 Å². The van der Waals surface area contributed by atoms with Crippen LogP contribution in [0.4, 0.5) is 0 Å². The van der Waals surface area contributed by atoms with Gasteiger partial charge in [-0.1, -0.05) is 37.5 Å². The van der Waals surface area contributed by atoms with Crippen LogP contribution in [0.15, 0.2) is 24.3 Å². The predicted molar refractivity (Wildman–Crippen MR) is 116 cm³/mol. The number of benzene rings is 1. The van der Waals surface area contributed by atoms with Gasteiger partial charge >= 0.3 is 0 Å². The number of nitrogens with one attached hydrogen (secondary N) is 2. The average Bonchev–Trinajstić information content (AvgIpc) is 2.73. The second-order valence-electron chi connectivity index (χ2n) is 7.99. The second kappa shape index (κ2) is 11.4. The van der Waals surface area contributed by atoms with Crippen molar-refractivity contribution in [2.75, 3.05) is 26.7 Å². The Labute approximate surface area is 180 Å². The zero-order valence-corrected chi connectivity index (χ0v) is 18.3. The standard InChI is InChI=1S/C22H33N3O3.ClH/c1-16(24-21(26)14-17-8-4-3-5-9-17)22(27)25-13-12-23-15-19(25)18-10-6-7-11-20(18)28-2;/h6-7,10-11,16-17,19,23H,3-5,8-9,12-15H2,1-2H3,(H,24,26);1H. The Morgan fingerprint density at radius 1 is 1.24 bits per heavy atom. The fourth-order valence-electron chi connectivity index (χ4n) is 4.45. The number of para-hydroxylation sites is 1. The Bertz CT molecular complexity index is 679. The molecule has 0 spiro atoms. The van der Waals surface area contributed by atoms with Gasteiger partial charge in [0, 0.05) is 31.6 Å². The molecule has 1 aromatic carbocycles. The number of hydrogen-bond acceptors (Lipinski definition) is 4. The van der Waals surface area contributed by atoms with Gasteiger partial charge in [-0.25, -0.2) is 0 Å². The van der Waals surface area contributed by atoms with E-state index in [-0.39, 0.29) is 30.3 Å². The number of nitrogens with zero attached hydrogens (tertiary/aromatic N) is 1. The molecule has 2 amide bonds. The molecule has 1 saturated heterocycles. The molecule has 3 rings (SSSR count). The van der Waals surface area contributed by atoms with Crippen molar-refractivity contribution in [1.82, 2.24) is 15.5 Å². The summed E-state index contributed by atoms with van der Waals surface area (Å²) < 4.78 is 5.50. The number of carbonyl (C=O) groups is 2. The van der Waals surface area contributed by atoms with Gasteiger partial charge in [0.2, 0.25) is 11.8 Å². The summed E-state index contributed by atoms with van der Waals surface area (Å²) in [5.74, 6) is 1.21. The van der Waals surface area contributed by atoms with Crippen molar-refractivity contribution in [3.05, 3.63) is 29.8 Å². The first kappa shape index (κ1) is 23.5. The smallest absolute Gasteiger partial charge is 0.245 e. The lowest BCUT2D eigenvalue weighted by Crippen LogP contribution is -2.54. The third-order valence-electron chi connectivity index (χ3n) is 5.97. The number of methoxy groups -OCH3 is 1. The Kier molecular flexibility index (Phi) is 9.24. The van der Waals surface area contributed by atoms with Gasteiger partial charge in [-0.2, -0.15) is 0 Å². The number of carbonyl (C=O) groups excluding carboxylic acids is 2. The molecular formula is C22H34ClN3O3. The SMILES string of the molecule is COc1ccccc1C1CNCCN1C(=O)C(C)NC(=O)CC1CCCCC1.Cl. The molecule has 162 valence electrons. The topological polar surface area (TPSA) is 70.7 Å². The van der Waals surface area contributed by atoms with Gasteiger partial charge in [0.05, 0.1) is 13.2 Å². The molecule has 1 aliphatic heterocycles. The first-order valence-corrected chi connectivity index (χ1v) is 10.5. The van der Waals surface area contributed by atoms with Gasteiger partial charge in [0.25, 0.3) is 0 Å². The first-order chi connectivity index (χ1) is 13.6. The Hall–Kier alpha value is -1.79. The van der Waals surface area contributed by atoms with Crippen molar-refractivity contribution in [2.24, 2.45) is 5.92 Å². The van der Waals surface area contributed by atoms with E-state index in [2.05, 4.69) is 10.6 Å². The third-order valence-corrected chi connectivity index (χ3v) is 5.97. The Morgan fingerprint density at radius 2 is 1.97 bits per heavy atom. The normalized spacial score (nSPS) is 21.0. The van der Waals surface area contributed by atoms with E-state index in [1.54, 1.807) is 14.0 Å². The minimum atomic E-state index is -0.522. The molecule has 1 heterocycles. The fraction of sp³-hybridized carbons (Fsp3) is 0.636. The van der Waals surface area contributed by atoms with Crippen LogP contribution in [0.1, 0.15) is 57.1 Å². The maximum Gasteiger partial charge on any atom is 0.245 e. The highest BCUT2D eigenvalue weighted by Crippen LogP contribution is 2.30. The highest BCUT2D eigenvalue weighted by Gasteiger charge is 2.32. The van der Waals surface area contributed by atoms with E-state index in [4.69, 9.17) is 4.74 Å². The molecule has 6 nitrogen and oxygen atoms in total. The van der Waals surface area contributed by atoms with Crippen LogP contribution >= 0.6 is 12.4 Å². The van der Waals surface area contributed by atoms with Crippen LogP contribution in [0.5, 0.6) is 5.75 Å². The van der Waals surface area contributed by atoms with E-state index in [1.165, 1.54) is 19.3 Å². The minimum Gasteiger partial charge on any atom is -0.496 e. The molecule has 2 atom stereocenters. The number of ether oxygens (including phenoxy) is 1. The number of rotatable bonds is 6. The summed E-state index contributed by atoms with van der Waals surface area (Å²) in [6.07, 6.45) is 6.50. The minimum absolute atomic E-state index is 0. The molecule has 2 aliphatic rings. The molecular weight excluding hydrogens is 390 g/mol. The summed E-state index contributed by atoms with van der Waals surface area (Å²) in [7, 11) is 1.65. The number of halogens is 1. The molecule has 7 heteroatoms. The lowest BCUT2D eigenvalue weighted by atomic mass is 9.87. The van der Waals surface area contributed by atoms with Crippen molar-refractivity contribution >= 4 is 24.2 Å². The summed E-state index contributed by atoms with van der Waals surface area (Å²) in [5.41, 5.74) is 0.992. The van der Waals surface area contributed by atoms with E-state index in [0.717, 1.165) is 30.7 Å². The van der Waals surface area contributed by atoms with Crippen molar-refractivity contribution in [3.8, 4) is 5.75 Å². The zero-order chi connectivity index (χ0) is 19.9. The summed E-state index contributed by atoms with van der Waals surface area (Å²) >= 11 is 0. The lowest BCUT2D eigenvalue weighted by molar-refractivity contribution is -0.139. The van der Waals surface area contributed by atoms with E-state index in [1.807, 2.05) is 29.2 Å². The largest absolute Gasteiger partial charge is 0.496 e. The van der Waals surface area contributed by atoms with Gasteiger partial charge < -0.3 is 20.3 Å². The summed E-state index contributed by atoms with van der Waals surface area (Å²) in [6, 6.07) is 7.19. The molecule has 1 saturated carbocycles. The van der Waals surface area contributed by atoms with Crippen LogP contribution in [-0.4, -0.2) is 49.5 Å². The predicted octanol–water partition coefficient (Wildman–Crippen LogP) is 3.07. The van der Waals surface area contributed by atoms with Gasteiger partial charge in [-0.3, -0.25) is 9.59 Å². The quantitative estimate of drug-likeness (QED) is 0.737.